The van der Waals surface area contributed by atoms with Crippen LogP contribution < -0.4 is 5.32 Å². The van der Waals surface area contributed by atoms with E-state index < -0.39 is 12.1 Å². The summed E-state index contributed by atoms with van der Waals surface area (Å²) in [7, 11) is 2.03. The maximum Gasteiger partial charge on any atom is 0.334 e. The highest BCUT2D eigenvalue weighted by Gasteiger charge is 2.26. The number of carboxylic acid groups (broad SMARTS) is 1. The van der Waals surface area contributed by atoms with E-state index in [4.69, 9.17) is 10.2 Å². The number of amides is 2. The van der Waals surface area contributed by atoms with Gasteiger partial charge < -0.3 is 20.4 Å². The number of aliphatic hydroxyl groups is 1. The molecule has 0 aliphatic carbocycles. The zero-order chi connectivity index (χ0) is 13.7. The van der Waals surface area contributed by atoms with E-state index in [-0.39, 0.29) is 12.6 Å². The molecule has 1 saturated heterocycles. The van der Waals surface area contributed by atoms with Crippen molar-refractivity contribution >= 4 is 12.0 Å². The fourth-order valence-electron chi connectivity index (χ4n) is 1.95. The smallest absolute Gasteiger partial charge is 0.334 e. The Morgan fingerprint density at radius 3 is 2.67 bits per heavy atom. The Bertz CT molecular complexity index is 311. The molecule has 0 aromatic carbocycles. The number of carbonyl (C=O) groups excluding carboxylic acids is 1. The number of carbonyl (C=O) groups is 2. The van der Waals surface area contributed by atoms with Crippen molar-refractivity contribution in [3.05, 3.63) is 0 Å². The maximum atomic E-state index is 11.8. The Hall–Kier alpha value is -1.34. The number of urea groups is 1. The molecule has 0 saturated carbocycles. The van der Waals surface area contributed by atoms with Crippen LogP contribution in [0.25, 0.3) is 0 Å². The van der Waals surface area contributed by atoms with Gasteiger partial charge in [0, 0.05) is 25.7 Å². The Kier molecular flexibility index (Phi) is 5.36. The molecule has 1 unspecified atom stereocenters. The topological polar surface area (TPSA) is 93.1 Å². The van der Waals surface area contributed by atoms with Gasteiger partial charge in [-0.1, -0.05) is 6.92 Å². The Labute approximate surface area is 106 Å². The van der Waals surface area contributed by atoms with Gasteiger partial charge in [-0.3, -0.25) is 4.90 Å². The second-order valence-electron chi connectivity index (χ2n) is 4.53. The molecule has 1 aliphatic heterocycles. The minimum Gasteiger partial charge on any atom is -0.479 e. The third kappa shape index (κ3) is 3.85. The first-order valence-electron chi connectivity index (χ1n) is 6.09. The summed E-state index contributed by atoms with van der Waals surface area (Å²) >= 11 is 0. The Balaban J connectivity index is 2.40. The molecule has 1 heterocycles. The van der Waals surface area contributed by atoms with Crippen LogP contribution in [0, 0.1) is 0 Å². The number of hydrogen-bond acceptors (Lipinski definition) is 4. The molecule has 2 atom stereocenters. The number of likely N-dealkylation sites (N-methyl/N-ethyl adjacent to an activating group) is 1. The van der Waals surface area contributed by atoms with Crippen LogP contribution in [0.1, 0.15) is 13.3 Å². The molecule has 7 heteroatoms. The minimum absolute atomic E-state index is 0.267. The van der Waals surface area contributed by atoms with Crippen molar-refractivity contribution in [2.45, 2.75) is 25.5 Å². The summed E-state index contributed by atoms with van der Waals surface area (Å²) in [5, 5.41) is 20.0. The summed E-state index contributed by atoms with van der Waals surface area (Å²) in [6.45, 7) is 3.84. The fourth-order valence-corrected chi connectivity index (χ4v) is 1.95. The third-order valence-corrected chi connectivity index (χ3v) is 3.27. The summed E-state index contributed by atoms with van der Waals surface area (Å²) in [6.07, 6.45) is -0.596. The molecular weight excluding hydrogens is 238 g/mol. The highest BCUT2D eigenvalue weighted by Crippen LogP contribution is 2.10. The second-order valence-corrected chi connectivity index (χ2v) is 4.53. The molecule has 1 rings (SSSR count). The van der Waals surface area contributed by atoms with Crippen LogP contribution >= 0.6 is 0 Å². The summed E-state index contributed by atoms with van der Waals surface area (Å²) in [4.78, 5) is 26.1. The van der Waals surface area contributed by atoms with Gasteiger partial charge >= 0.3 is 12.0 Å². The van der Waals surface area contributed by atoms with Gasteiger partial charge in [0.25, 0.3) is 0 Å². The number of carboxylic acids is 1. The van der Waals surface area contributed by atoms with Crippen LogP contribution in [0.4, 0.5) is 4.79 Å². The average molecular weight is 259 g/mol. The molecule has 2 amide bonds. The molecule has 1 fully saturated rings. The quantitative estimate of drug-likeness (QED) is 0.612. The fraction of sp³-hybridized carbons (Fsp3) is 0.818. The average Bonchev–Trinajstić information content (AvgIpc) is 2.35. The first kappa shape index (κ1) is 14.7. The van der Waals surface area contributed by atoms with Gasteiger partial charge in [0.15, 0.2) is 6.10 Å². The zero-order valence-electron chi connectivity index (χ0n) is 10.8. The largest absolute Gasteiger partial charge is 0.479 e. The lowest BCUT2D eigenvalue weighted by Crippen LogP contribution is -2.56. The third-order valence-electron chi connectivity index (χ3n) is 3.27. The van der Waals surface area contributed by atoms with Crippen LogP contribution in [0.3, 0.4) is 0 Å². The van der Waals surface area contributed by atoms with Crippen molar-refractivity contribution in [2.75, 3.05) is 33.2 Å². The molecule has 3 N–H and O–H groups in total. The molecule has 104 valence electrons. The minimum atomic E-state index is -1.55. The molecule has 0 aromatic heterocycles. The van der Waals surface area contributed by atoms with Crippen LogP contribution in [0.5, 0.6) is 0 Å². The second kappa shape index (κ2) is 6.55. The van der Waals surface area contributed by atoms with Crippen molar-refractivity contribution in [3.8, 4) is 0 Å². The lowest BCUT2D eigenvalue weighted by Gasteiger charge is -2.39. The number of piperazine rings is 1. The predicted octanol–water partition coefficient (Wildman–Crippen LogP) is -0.832. The molecular formula is C11H21N3O4. The number of aliphatic hydroxyl groups excluding tert-OH is 1. The standard InChI is InChI=1S/C11H21N3O4/c1-3-8-7-14(5-4-13(8)2)11(18)12-6-9(15)10(16)17/h8-9,15H,3-7H2,1-2H3,(H,12,18)(H,16,17)/t8?,9-/m0/s1. The predicted molar refractivity (Wildman–Crippen MR) is 65.3 cm³/mol. The first-order valence-corrected chi connectivity index (χ1v) is 6.09. The monoisotopic (exact) mass is 259 g/mol. The highest BCUT2D eigenvalue weighted by atomic mass is 16.4. The van der Waals surface area contributed by atoms with E-state index in [0.717, 1.165) is 13.0 Å². The first-order chi connectivity index (χ1) is 8.45. The van der Waals surface area contributed by atoms with E-state index in [1.165, 1.54) is 0 Å². The lowest BCUT2D eigenvalue weighted by molar-refractivity contribution is -0.146. The van der Waals surface area contributed by atoms with Crippen LogP contribution in [-0.4, -0.2) is 77.4 Å². The molecule has 0 spiro atoms. The van der Waals surface area contributed by atoms with Gasteiger partial charge in [-0.2, -0.15) is 0 Å². The van der Waals surface area contributed by atoms with Crippen molar-refractivity contribution in [3.63, 3.8) is 0 Å². The maximum absolute atomic E-state index is 11.8. The Morgan fingerprint density at radius 1 is 1.44 bits per heavy atom. The van der Waals surface area contributed by atoms with Crippen molar-refractivity contribution < 1.29 is 19.8 Å². The van der Waals surface area contributed by atoms with Gasteiger partial charge in [-0.25, -0.2) is 9.59 Å². The van der Waals surface area contributed by atoms with E-state index in [2.05, 4.69) is 17.1 Å². The summed E-state index contributed by atoms with van der Waals surface area (Å²) in [6, 6.07) is 0.00995. The molecule has 1 aliphatic rings. The molecule has 18 heavy (non-hydrogen) atoms. The Morgan fingerprint density at radius 2 is 2.11 bits per heavy atom. The van der Waals surface area contributed by atoms with Crippen LogP contribution in [0.2, 0.25) is 0 Å². The number of hydrogen-bond donors (Lipinski definition) is 3. The molecule has 0 aromatic rings. The number of nitrogens with one attached hydrogen (secondary N) is 1. The van der Waals surface area contributed by atoms with Gasteiger partial charge in [-0.05, 0) is 13.5 Å². The van der Waals surface area contributed by atoms with E-state index in [0.29, 0.717) is 19.1 Å². The number of aliphatic carboxylic acids is 1. The van der Waals surface area contributed by atoms with E-state index >= 15 is 0 Å². The van der Waals surface area contributed by atoms with Crippen molar-refractivity contribution in [1.82, 2.24) is 15.1 Å². The van der Waals surface area contributed by atoms with E-state index in [1.54, 1.807) is 4.90 Å². The SMILES string of the molecule is CCC1CN(C(=O)NC[C@H](O)C(=O)O)CCN1C. The zero-order valence-corrected chi connectivity index (χ0v) is 10.8. The van der Waals surface area contributed by atoms with Gasteiger partial charge in [-0.15, -0.1) is 0 Å². The van der Waals surface area contributed by atoms with Gasteiger partial charge in [0.2, 0.25) is 0 Å². The summed E-state index contributed by atoms with van der Waals surface area (Å²) in [5.41, 5.74) is 0. The van der Waals surface area contributed by atoms with Crippen molar-refractivity contribution in [1.29, 1.82) is 0 Å². The summed E-state index contributed by atoms with van der Waals surface area (Å²) < 4.78 is 0. The molecule has 0 bridgehead atoms. The normalized spacial score (nSPS) is 22.6. The number of nitrogens with zero attached hydrogens (tertiary/aromatic N) is 2. The van der Waals surface area contributed by atoms with E-state index in [9.17, 15) is 9.59 Å². The number of rotatable bonds is 4. The van der Waals surface area contributed by atoms with Crippen LogP contribution in [-0.2, 0) is 4.79 Å². The lowest BCUT2D eigenvalue weighted by atomic mass is 10.1. The van der Waals surface area contributed by atoms with Gasteiger partial charge in [0.05, 0.1) is 6.54 Å². The van der Waals surface area contributed by atoms with Crippen molar-refractivity contribution in [2.24, 2.45) is 0 Å². The molecule has 7 nitrogen and oxygen atoms in total. The van der Waals surface area contributed by atoms with Gasteiger partial charge in [0.1, 0.15) is 0 Å². The molecule has 0 radical (unpaired) electrons. The summed E-state index contributed by atoms with van der Waals surface area (Å²) in [5.74, 6) is -1.33. The van der Waals surface area contributed by atoms with E-state index in [1.807, 2.05) is 7.05 Å². The highest BCUT2D eigenvalue weighted by molar-refractivity contribution is 5.76. The van der Waals surface area contributed by atoms with Crippen LogP contribution in [0.15, 0.2) is 0 Å².